The minimum atomic E-state index is -4.42. The van der Waals surface area contributed by atoms with E-state index in [1.807, 2.05) is 0 Å². The van der Waals surface area contributed by atoms with Crippen LogP contribution in [0.2, 0.25) is 5.02 Å². The van der Waals surface area contributed by atoms with Gasteiger partial charge in [-0.05, 0) is 48.0 Å². The molecular formula is C23H14ClF3N2O. The zero-order chi connectivity index (χ0) is 21.3. The minimum Gasteiger partial charge on any atom is -0.288 e. The molecule has 0 saturated carbocycles. The summed E-state index contributed by atoms with van der Waals surface area (Å²) >= 11 is 6.09. The summed E-state index contributed by atoms with van der Waals surface area (Å²) in [5, 5.41) is 5.59. The molecule has 0 spiro atoms. The molecule has 0 aliphatic heterocycles. The number of aromatic nitrogens is 2. The van der Waals surface area contributed by atoms with Crippen LogP contribution in [-0.2, 0) is 6.18 Å². The number of alkyl halides is 3. The van der Waals surface area contributed by atoms with E-state index in [2.05, 4.69) is 5.10 Å². The van der Waals surface area contributed by atoms with Crippen LogP contribution in [-0.4, -0.2) is 9.78 Å². The van der Waals surface area contributed by atoms with Crippen LogP contribution in [0.5, 0.6) is 0 Å². The van der Waals surface area contributed by atoms with Gasteiger partial charge in [0.15, 0.2) is 0 Å². The molecule has 0 amide bonds. The Labute approximate surface area is 174 Å². The Kier molecular flexibility index (Phi) is 5.18. The van der Waals surface area contributed by atoms with Crippen molar-refractivity contribution in [2.45, 2.75) is 6.18 Å². The number of fused-ring (bicyclic) bond motifs is 1. The first-order valence-corrected chi connectivity index (χ1v) is 9.34. The van der Waals surface area contributed by atoms with Gasteiger partial charge in [0, 0.05) is 10.4 Å². The maximum absolute atomic E-state index is 13.0. The summed E-state index contributed by atoms with van der Waals surface area (Å²) in [5.41, 5.74) is 0.822. The zero-order valence-electron chi connectivity index (χ0n) is 15.4. The van der Waals surface area contributed by atoms with E-state index in [4.69, 9.17) is 11.6 Å². The molecule has 4 rings (SSSR count). The predicted octanol–water partition coefficient (Wildman–Crippen LogP) is 6.23. The molecule has 4 aromatic rings. The van der Waals surface area contributed by atoms with Crippen molar-refractivity contribution < 1.29 is 13.2 Å². The number of halogens is 4. The lowest BCUT2D eigenvalue weighted by atomic mass is 10.1. The van der Waals surface area contributed by atoms with Gasteiger partial charge in [-0.2, -0.15) is 18.3 Å². The van der Waals surface area contributed by atoms with Crippen molar-refractivity contribution in [3.8, 4) is 5.69 Å². The average Bonchev–Trinajstić information content (AvgIpc) is 2.97. The molecule has 1 aromatic heterocycles. The highest BCUT2D eigenvalue weighted by Crippen LogP contribution is 2.30. The maximum Gasteiger partial charge on any atom is 0.416 e. The Hall–Kier alpha value is -3.38. The number of hydrogen-bond acceptors (Lipinski definition) is 2. The predicted molar refractivity (Wildman–Crippen MR) is 113 cm³/mol. The molecular weight excluding hydrogens is 413 g/mol. The average molecular weight is 427 g/mol. The highest BCUT2D eigenvalue weighted by molar-refractivity contribution is 6.30. The van der Waals surface area contributed by atoms with E-state index in [1.165, 1.54) is 22.9 Å². The Morgan fingerprint density at radius 3 is 2.43 bits per heavy atom. The third-order valence-corrected chi connectivity index (χ3v) is 4.74. The molecule has 0 aliphatic carbocycles. The lowest BCUT2D eigenvalue weighted by molar-refractivity contribution is -0.137. The number of nitrogens with zero attached hydrogens (tertiary/aromatic N) is 2. The second-order valence-corrected chi connectivity index (χ2v) is 7.01. The van der Waals surface area contributed by atoms with E-state index < -0.39 is 11.7 Å². The summed E-state index contributed by atoms with van der Waals surface area (Å²) in [7, 11) is 0. The Morgan fingerprint density at radius 1 is 0.900 bits per heavy atom. The van der Waals surface area contributed by atoms with E-state index in [-0.39, 0.29) is 5.43 Å². The van der Waals surface area contributed by atoms with Crippen molar-refractivity contribution in [3.63, 3.8) is 0 Å². The van der Waals surface area contributed by atoms with Gasteiger partial charge in [0.25, 0.3) is 0 Å². The van der Waals surface area contributed by atoms with Crippen molar-refractivity contribution in [2.75, 3.05) is 0 Å². The highest BCUT2D eigenvalue weighted by atomic mass is 35.5. The Bertz CT molecular complexity index is 1330. The Morgan fingerprint density at radius 2 is 1.67 bits per heavy atom. The van der Waals surface area contributed by atoms with E-state index >= 15 is 0 Å². The number of rotatable bonds is 3. The summed E-state index contributed by atoms with van der Waals surface area (Å²) in [5.74, 6) is 0. The molecule has 1 heterocycles. The van der Waals surface area contributed by atoms with Crippen LogP contribution in [0, 0.1) is 0 Å². The van der Waals surface area contributed by atoms with Gasteiger partial charge in [0.2, 0.25) is 5.43 Å². The normalized spacial score (nSPS) is 12.0. The molecule has 0 fully saturated rings. The topological polar surface area (TPSA) is 34.9 Å². The molecule has 30 heavy (non-hydrogen) atoms. The van der Waals surface area contributed by atoms with Gasteiger partial charge in [0.05, 0.1) is 16.9 Å². The lowest BCUT2D eigenvalue weighted by Crippen LogP contribution is -2.04. The fraction of sp³-hybridized carbons (Fsp3) is 0.0435. The highest BCUT2D eigenvalue weighted by Gasteiger charge is 2.30. The molecule has 0 saturated heterocycles. The van der Waals surface area contributed by atoms with Crippen molar-refractivity contribution >= 4 is 34.7 Å². The molecule has 0 bridgehead atoms. The van der Waals surface area contributed by atoms with Gasteiger partial charge in [-0.3, -0.25) is 4.79 Å². The largest absolute Gasteiger partial charge is 0.416 e. The fourth-order valence-electron chi connectivity index (χ4n) is 3.13. The van der Waals surface area contributed by atoms with Crippen molar-refractivity contribution in [2.24, 2.45) is 0 Å². The van der Waals surface area contributed by atoms with Crippen LogP contribution in [0.25, 0.3) is 28.7 Å². The first-order valence-electron chi connectivity index (χ1n) is 8.96. The third kappa shape index (κ3) is 4.00. The summed E-state index contributed by atoms with van der Waals surface area (Å²) in [6, 6.07) is 18.4. The van der Waals surface area contributed by atoms with Crippen LogP contribution < -0.4 is 5.43 Å². The quantitative estimate of drug-likeness (QED) is 0.389. The summed E-state index contributed by atoms with van der Waals surface area (Å²) in [4.78, 5) is 12.7. The standard InChI is InChI=1S/C23H14ClF3N2O/c24-17-7-4-8-18(14-17)29-22-19(9-1-2-10-21(22)30)20(28-29)12-11-15-5-3-6-16(13-15)23(25,26)27/h1-14H. The van der Waals surface area contributed by atoms with E-state index in [0.717, 1.165) is 12.1 Å². The van der Waals surface area contributed by atoms with E-state index in [9.17, 15) is 18.0 Å². The van der Waals surface area contributed by atoms with Crippen LogP contribution in [0.4, 0.5) is 13.2 Å². The van der Waals surface area contributed by atoms with Gasteiger partial charge < -0.3 is 0 Å². The van der Waals surface area contributed by atoms with Crippen LogP contribution in [0.1, 0.15) is 16.8 Å². The van der Waals surface area contributed by atoms with E-state index in [0.29, 0.717) is 32.9 Å². The maximum atomic E-state index is 13.0. The molecule has 0 atom stereocenters. The van der Waals surface area contributed by atoms with Crippen LogP contribution in [0.15, 0.2) is 77.6 Å². The van der Waals surface area contributed by atoms with Crippen molar-refractivity contribution in [1.82, 2.24) is 9.78 Å². The first-order chi connectivity index (χ1) is 14.3. The molecule has 7 heteroatoms. The molecule has 0 N–H and O–H groups in total. The molecule has 0 aliphatic rings. The molecule has 3 nitrogen and oxygen atoms in total. The van der Waals surface area contributed by atoms with Gasteiger partial charge in [-0.1, -0.05) is 54.1 Å². The van der Waals surface area contributed by atoms with Gasteiger partial charge in [-0.25, -0.2) is 4.68 Å². The van der Waals surface area contributed by atoms with Gasteiger partial charge in [-0.15, -0.1) is 0 Å². The van der Waals surface area contributed by atoms with Gasteiger partial charge >= 0.3 is 6.18 Å². The van der Waals surface area contributed by atoms with Gasteiger partial charge in [0.1, 0.15) is 5.52 Å². The number of benzene rings is 2. The molecule has 150 valence electrons. The minimum absolute atomic E-state index is 0.235. The second kappa shape index (κ2) is 7.80. The Balaban J connectivity index is 1.87. The van der Waals surface area contributed by atoms with Crippen molar-refractivity contribution in [3.05, 3.63) is 105 Å². The molecule has 0 radical (unpaired) electrons. The third-order valence-electron chi connectivity index (χ3n) is 4.51. The smallest absolute Gasteiger partial charge is 0.288 e. The first kappa shape index (κ1) is 19.9. The van der Waals surface area contributed by atoms with Crippen LogP contribution >= 0.6 is 11.6 Å². The lowest BCUT2D eigenvalue weighted by Gasteiger charge is -2.06. The van der Waals surface area contributed by atoms with Crippen LogP contribution in [0.3, 0.4) is 0 Å². The SMILES string of the molecule is O=c1ccccc2c(C=Cc3cccc(C(F)(F)F)c3)nn(-c3cccc(Cl)c3)c12. The second-order valence-electron chi connectivity index (χ2n) is 6.58. The summed E-state index contributed by atoms with van der Waals surface area (Å²) < 4.78 is 40.4. The summed E-state index contributed by atoms with van der Waals surface area (Å²) in [6.07, 6.45) is -1.29. The molecule has 0 unspecified atom stereocenters. The zero-order valence-corrected chi connectivity index (χ0v) is 16.2. The van der Waals surface area contributed by atoms with Crippen molar-refractivity contribution in [1.29, 1.82) is 0 Å². The monoisotopic (exact) mass is 426 g/mol. The molecule has 3 aromatic carbocycles. The fourth-order valence-corrected chi connectivity index (χ4v) is 3.32. The van der Waals surface area contributed by atoms with E-state index in [1.54, 1.807) is 54.6 Å². The summed E-state index contributed by atoms with van der Waals surface area (Å²) in [6.45, 7) is 0. The number of hydrogen-bond donors (Lipinski definition) is 0.